The fourth-order valence-corrected chi connectivity index (χ4v) is 4.11. The molecule has 0 bridgehead atoms. The SMILES string of the molecule is COc1cccc(OC2CCC(NC(=O)CCc3ccc4c(c3)OCO4)CC2)c1OC. The second kappa shape index (κ2) is 9.81. The van der Waals surface area contributed by atoms with Crippen molar-refractivity contribution in [1.82, 2.24) is 5.32 Å². The van der Waals surface area contributed by atoms with E-state index >= 15 is 0 Å². The number of fused-ring (bicyclic) bond motifs is 1. The molecule has 1 amide bonds. The maximum absolute atomic E-state index is 12.4. The van der Waals surface area contributed by atoms with Crippen molar-refractivity contribution in [2.75, 3.05) is 21.0 Å². The van der Waals surface area contributed by atoms with Crippen LogP contribution in [0, 0.1) is 0 Å². The summed E-state index contributed by atoms with van der Waals surface area (Å²) in [6, 6.07) is 11.7. The maximum atomic E-state index is 12.4. The van der Waals surface area contributed by atoms with Crippen molar-refractivity contribution in [3.8, 4) is 28.7 Å². The van der Waals surface area contributed by atoms with E-state index in [4.69, 9.17) is 23.7 Å². The van der Waals surface area contributed by atoms with Crippen molar-refractivity contribution >= 4 is 5.91 Å². The fraction of sp³-hybridized carbons (Fsp3) is 0.458. The maximum Gasteiger partial charge on any atom is 0.231 e. The van der Waals surface area contributed by atoms with Crippen molar-refractivity contribution in [2.45, 2.75) is 50.7 Å². The van der Waals surface area contributed by atoms with Crippen molar-refractivity contribution in [3.05, 3.63) is 42.0 Å². The first-order chi connectivity index (χ1) is 15.2. The number of nitrogens with one attached hydrogen (secondary N) is 1. The van der Waals surface area contributed by atoms with Gasteiger partial charge in [0.05, 0.1) is 20.3 Å². The molecule has 0 unspecified atom stereocenters. The minimum atomic E-state index is 0.0801. The quantitative estimate of drug-likeness (QED) is 0.689. The van der Waals surface area contributed by atoms with Gasteiger partial charge in [-0.15, -0.1) is 0 Å². The topological polar surface area (TPSA) is 75.3 Å². The van der Waals surface area contributed by atoms with Gasteiger partial charge >= 0.3 is 0 Å². The van der Waals surface area contributed by atoms with E-state index in [1.54, 1.807) is 14.2 Å². The molecule has 1 N–H and O–H groups in total. The second-order valence-electron chi connectivity index (χ2n) is 7.84. The molecule has 1 fully saturated rings. The van der Waals surface area contributed by atoms with Crippen molar-refractivity contribution < 1.29 is 28.5 Å². The van der Waals surface area contributed by atoms with Crippen LogP contribution in [0.5, 0.6) is 28.7 Å². The monoisotopic (exact) mass is 427 g/mol. The van der Waals surface area contributed by atoms with Crippen LogP contribution in [0.4, 0.5) is 0 Å². The Labute approximate surface area is 182 Å². The summed E-state index contributed by atoms with van der Waals surface area (Å²) in [4.78, 5) is 12.4. The van der Waals surface area contributed by atoms with Crippen LogP contribution in [0.3, 0.4) is 0 Å². The molecule has 7 nitrogen and oxygen atoms in total. The van der Waals surface area contributed by atoms with Gasteiger partial charge in [-0.05, 0) is 61.9 Å². The number of ether oxygens (including phenoxy) is 5. The lowest BCUT2D eigenvalue weighted by molar-refractivity contribution is -0.122. The Kier molecular flexibility index (Phi) is 6.70. The standard InChI is InChI=1S/C24H29NO6/c1-27-20-4-3-5-21(24(20)28-2)31-18-10-8-17(9-11-18)25-23(26)13-7-16-6-12-19-22(14-16)30-15-29-19/h3-6,12,14,17-18H,7-11,13,15H2,1-2H3,(H,25,26). The van der Waals surface area contributed by atoms with Gasteiger partial charge in [0.15, 0.2) is 23.0 Å². The average molecular weight is 427 g/mol. The van der Waals surface area contributed by atoms with E-state index in [-0.39, 0.29) is 24.8 Å². The molecule has 2 aliphatic rings. The summed E-state index contributed by atoms with van der Waals surface area (Å²) in [5.41, 5.74) is 1.07. The molecule has 1 saturated carbocycles. The Bertz CT molecular complexity index is 907. The molecule has 2 aromatic rings. The van der Waals surface area contributed by atoms with Gasteiger partial charge in [0.2, 0.25) is 18.4 Å². The largest absolute Gasteiger partial charge is 0.493 e. The molecular formula is C24H29NO6. The summed E-state index contributed by atoms with van der Waals surface area (Å²) in [6.45, 7) is 0.260. The lowest BCUT2D eigenvalue weighted by Gasteiger charge is -2.30. The summed E-state index contributed by atoms with van der Waals surface area (Å²) in [5, 5.41) is 3.17. The number of amides is 1. The summed E-state index contributed by atoms with van der Waals surface area (Å²) in [5.74, 6) is 3.56. The minimum absolute atomic E-state index is 0.0801. The Hall–Kier alpha value is -3.09. The van der Waals surface area contributed by atoms with Crippen LogP contribution in [0.15, 0.2) is 36.4 Å². The molecule has 1 heterocycles. The second-order valence-corrected chi connectivity index (χ2v) is 7.84. The fourth-order valence-electron chi connectivity index (χ4n) is 4.11. The van der Waals surface area contributed by atoms with E-state index < -0.39 is 0 Å². The van der Waals surface area contributed by atoms with Crippen molar-refractivity contribution in [1.29, 1.82) is 0 Å². The normalized spacial score (nSPS) is 19.5. The van der Waals surface area contributed by atoms with Crippen LogP contribution < -0.4 is 29.0 Å². The highest BCUT2D eigenvalue weighted by Crippen LogP contribution is 2.38. The first kappa shape index (κ1) is 21.2. The molecule has 0 radical (unpaired) electrons. The third-order valence-electron chi connectivity index (χ3n) is 5.78. The van der Waals surface area contributed by atoms with Gasteiger partial charge in [-0.3, -0.25) is 4.79 Å². The smallest absolute Gasteiger partial charge is 0.231 e. The number of benzene rings is 2. The van der Waals surface area contributed by atoms with Crippen LogP contribution in [-0.4, -0.2) is 39.1 Å². The third kappa shape index (κ3) is 5.16. The Balaban J connectivity index is 1.22. The van der Waals surface area contributed by atoms with E-state index in [2.05, 4.69) is 5.32 Å². The predicted octanol–water partition coefficient (Wildman–Crippen LogP) is 3.87. The molecule has 0 spiro atoms. The Morgan fingerprint density at radius 1 is 1.00 bits per heavy atom. The first-order valence-corrected chi connectivity index (χ1v) is 10.7. The van der Waals surface area contributed by atoms with Gasteiger partial charge < -0.3 is 29.0 Å². The van der Waals surface area contributed by atoms with E-state index in [1.165, 1.54) is 0 Å². The van der Waals surface area contributed by atoms with Crippen molar-refractivity contribution in [3.63, 3.8) is 0 Å². The van der Waals surface area contributed by atoms with Crippen LogP contribution in [-0.2, 0) is 11.2 Å². The van der Waals surface area contributed by atoms with Crippen LogP contribution in [0.1, 0.15) is 37.7 Å². The van der Waals surface area contributed by atoms with Crippen LogP contribution >= 0.6 is 0 Å². The summed E-state index contributed by atoms with van der Waals surface area (Å²) in [6.07, 6.45) is 4.79. The zero-order valence-electron chi connectivity index (χ0n) is 18.0. The average Bonchev–Trinajstić information content (AvgIpc) is 3.27. The first-order valence-electron chi connectivity index (χ1n) is 10.7. The highest BCUT2D eigenvalue weighted by Gasteiger charge is 2.25. The summed E-state index contributed by atoms with van der Waals surface area (Å²) < 4.78 is 27.7. The van der Waals surface area contributed by atoms with E-state index in [1.807, 2.05) is 36.4 Å². The number of aryl methyl sites for hydroxylation is 1. The van der Waals surface area contributed by atoms with E-state index in [0.717, 1.165) is 42.7 Å². The molecule has 1 aliphatic carbocycles. The molecule has 31 heavy (non-hydrogen) atoms. The molecule has 0 aromatic heterocycles. The number of hydrogen-bond donors (Lipinski definition) is 1. The lowest BCUT2D eigenvalue weighted by Crippen LogP contribution is -2.39. The molecular weight excluding hydrogens is 398 g/mol. The van der Waals surface area contributed by atoms with Gasteiger partial charge in [0.1, 0.15) is 0 Å². The molecule has 166 valence electrons. The lowest BCUT2D eigenvalue weighted by atomic mass is 9.92. The van der Waals surface area contributed by atoms with Gasteiger partial charge in [0.25, 0.3) is 0 Å². The predicted molar refractivity (Wildman–Crippen MR) is 115 cm³/mol. The molecule has 2 aromatic carbocycles. The van der Waals surface area contributed by atoms with E-state index in [9.17, 15) is 4.79 Å². The highest BCUT2D eigenvalue weighted by atomic mass is 16.7. The number of hydrogen-bond acceptors (Lipinski definition) is 6. The van der Waals surface area contributed by atoms with Crippen LogP contribution in [0.25, 0.3) is 0 Å². The minimum Gasteiger partial charge on any atom is -0.493 e. The van der Waals surface area contributed by atoms with Gasteiger partial charge in [-0.25, -0.2) is 0 Å². The number of methoxy groups -OCH3 is 2. The highest BCUT2D eigenvalue weighted by molar-refractivity contribution is 5.76. The number of carbonyl (C=O) groups excluding carboxylic acids is 1. The zero-order valence-corrected chi connectivity index (χ0v) is 18.0. The van der Waals surface area contributed by atoms with Crippen LogP contribution in [0.2, 0.25) is 0 Å². The zero-order chi connectivity index (χ0) is 21.6. The molecule has 7 heteroatoms. The number of rotatable bonds is 8. The molecule has 0 atom stereocenters. The van der Waals surface area contributed by atoms with E-state index in [0.29, 0.717) is 30.1 Å². The Morgan fingerprint density at radius 2 is 1.77 bits per heavy atom. The number of carbonyl (C=O) groups is 1. The molecule has 4 rings (SSSR count). The van der Waals surface area contributed by atoms with Crippen molar-refractivity contribution in [2.24, 2.45) is 0 Å². The number of para-hydroxylation sites is 1. The van der Waals surface area contributed by atoms with Gasteiger partial charge in [-0.1, -0.05) is 12.1 Å². The molecule has 1 aliphatic heterocycles. The third-order valence-corrected chi connectivity index (χ3v) is 5.78. The molecule has 0 saturated heterocycles. The van der Waals surface area contributed by atoms with Gasteiger partial charge in [0, 0.05) is 12.5 Å². The van der Waals surface area contributed by atoms with Gasteiger partial charge in [-0.2, -0.15) is 0 Å². The summed E-state index contributed by atoms with van der Waals surface area (Å²) in [7, 11) is 3.22. The summed E-state index contributed by atoms with van der Waals surface area (Å²) >= 11 is 0. The Morgan fingerprint density at radius 3 is 2.55 bits per heavy atom.